The third kappa shape index (κ3) is 3.56. The maximum atomic E-state index is 12.8. The van der Waals surface area contributed by atoms with Gasteiger partial charge in [-0.15, -0.1) is 0 Å². The second-order valence-electron chi connectivity index (χ2n) is 3.17. The van der Waals surface area contributed by atoms with Gasteiger partial charge in [-0.2, -0.15) is 0 Å². The van der Waals surface area contributed by atoms with E-state index in [4.69, 9.17) is 10.8 Å². The number of carboxylic acids is 1. The van der Waals surface area contributed by atoms with Crippen LogP contribution in [-0.2, 0) is 9.59 Å². The molecule has 0 saturated carbocycles. The van der Waals surface area contributed by atoms with Gasteiger partial charge in [0.05, 0.1) is 17.8 Å². The van der Waals surface area contributed by atoms with E-state index < -0.39 is 17.7 Å². The summed E-state index contributed by atoms with van der Waals surface area (Å²) in [6, 6.07) is 3.57. The molecule has 5 nitrogen and oxygen atoms in total. The SMILES string of the molecule is Nc1ccc(F)cc1NC(=O)CCC(=O)O. The van der Waals surface area contributed by atoms with E-state index >= 15 is 0 Å². The molecule has 1 rings (SSSR count). The van der Waals surface area contributed by atoms with Crippen LogP contribution in [0.25, 0.3) is 0 Å². The fourth-order valence-electron chi connectivity index (χ4n) is 1.07. The van der Waals surface area contributed by atoms with Crippen molar-refractivity contribution < 1.29 is 19.1 Å². The number of anilines is 2. The van der Waals surface area contributed by atoms with E-state index in [0.717, 1.165) is 6.07 Å². The fourth-order valence-corrected chi connectivity index (χ4v) is 1.07. The second kappa shape index (κ2) is 5.11. The van der Waals surface area contributed by atoms with Crippen LogP contribution in [0.1, 0.15) is 12.8 Å². The van der Waals surface area contributed by atoms with Gasteiger partial charge in [-0.1, -0.05) is 0 Å². The molecule has 0 aliphatic carbocycles. The van der Waals surface area contributed by atoms with Crippen LogP contribution in [0.4, 0.5) is 15.8 Å². The first-order valence-corrected chi connectivity index (χ1v) is 4.55. The Bertz CT molecular complexity index is 421. The van der Waals surface area contributed by atoms with Crippen LogP contribution in [0.3, 0.4) is 0 Å². The normalized spacial score (nSPS) is 9.81. The summed E-state index contributed by atoms with van der Waals surface area (Å²) < 4.78 is 12.8. The summed E-state index contributed by atoms with van der Waals surface area (Å²) in [5, 5.41) is 10.7. The number of halogens is 1. The van der Waals surface area contributed by atoms with Crippen LogP contribution < -0.4 is 11.1 Å². The van der Waals surface area contributed by atoms with E-state index in [2.05, 4.69) is 5.32 Å². The summed E-state index contributed by atoms with van der Waals surface area (Å²) in [5.74, 6) is -2.11. The third-order valence-electron chi connectivity index (χ3n) is 1.86. The molecule has 0 spiro atoms. The molecule has 1 aromatic rings. The number of carboxylic acid groups (broad SMARTS) is 1. The Balaban J connectivity index is 2.62. The van der Waals surface area contributed by atoms with Crippen molar-refractivity contribution in [2.75, 3.05) is 11.1 Å². The summed E-state index contributed by atoms with van der Waals surface area (Å²) in [4.78, 5) is 21.4. The minimum atomic E-state index is -1.07. The number of benzene rings is 1. The lowest BCUT2D eigenvalue weighted by Crippen LogP contribution is -2.14. The zero-order chi connectivity index (χ0) is 12.1. The van der Waals surface area contributed by atoms with Gasteiger partial charge in [0.2, 0.25) is 5.91 Å². The van der Waals surface area contributed by atoms with Crippen LogP contribution in [0, 0.1) is 5.82 Å². The van der Waals surface area contributed by atoms with Gasteiger partial charge in [0, 0.05) is 6.42 Å². The third-order valence-corrected chi connectivity index (χ3v) is 1.86. The molecule has 0 saturated heterocycles. The van der Waals surface area contributed by atoms with Gasteiger partial charge >= 0.3 is 5.97 Å². The number of hydrogen-bond donors (Lipinski definition) is 3. The summed E-state index contributed by atoms with van der Waals surface area (Å²) in [7, 11) is 0. The number of carbonyl (C=O) groups is 2. The lowest BCUT2D eigenvalue weighted by atomic mass is 10.2. The largest absolute Gasteiger partial charge is 0.481 e. The molecular formula is C10H11FN2O3. The highest BCUT2D eigenvalue weighted by atomic mass is 19.1. The van der Waals surface area contributed by atoms with Crippen molar-refractivity contribution in [3.8, 4) is 0 Å². The molecule has 0 aliphatic heterocycles. The van der Waals surface area contributed by atoms with Crippen molar-refractivity contribution in [2.24, 2.45) is 0 Å². The number of nitrogens with one attached hydrogen (secondary N) is 1. The zero-order valence-electron chi connectivity index (χ0n) is 8.37. The van der Waals surface area contributed by atoms with Gasteiger partial charge in [-0.25, -0.2) is 4.39 Å². The highest BCUT2D eigenvalue weighted by molar-refractivity contribution is 5.95. The predicted molar refractivity (Wildman–Crippen MR) is 56.3 cm³/mol. The van der Waals surface area contributed by atoms with Crippen molar-refractivity contribution in [1.82, 2.24) is 0 Å². The average molecular weight is 226 g/mol. The molecule has 1 aromatic carbocycles. The second-order valence-corrected chi connectivity index (χ2v) is 3.17. The summed E-state index contributed by atoms with van der Waals surface area (Å²) in [6.07, 6.45) is -0.452. The lowest BCUT2D eigenvalue weighted by molar-refractivity contribution is -0.138. The molecule has 0 radical (unpaired) electrons. The topological polar surface area (TPSA) is 92.4 Å². The molecule has 0 aliphatic rings. The van der Waals surface area contributed by atoms with Gasteiger partial charge in [-0.3, -0.25) is 9.59 Å². The van der Waals surface area contributed by atoms with Gasteiger partial charge in [0.1, 0.15) is 5.82 Å². The first kappa shape index (κ1) is 12.0. The first-order chi connectivity index (χ1) is 7.49. The Morgan fingerprint density at radius 3 is 2.69 bits per heavy atom. The monoisotopic (exact) mass is 226 g/mol. The Labute approximate surface area is 91.1 Å². The number of aliphatic carboxylic acids is 1. The highest BCUT2D eigenvalue weighted by Crippen LogP contribution is 2.19. The molecule has 16 heavy (non-hydrogen) atoms. The smallest absolute Gasteiger partial charge is 0.303 e. The van der Waals surface area contributed by atoms with E-state index in [0.29, 0.717) is 0 Å². The molecular weight excluding hydrogens is 215 g/mol. The predicted octanol–water partition coefficient (Wildman–Crippen LogP) is 1.21. The molecule has 86 valence electrons. The average Bonchev–Trinajstić information content (AvgIpc) is 2.20. The maximum absolute atomic E-state index is 12.8. The Morgan fingerprint density at radius 2 is 2.06 bits per heavy atom. The first-order valence-electron chi connectivity index (χ1n) is 4.55. The van der Waals surface area contributed by atoms with Crippen LogP contribution >= 0.6 is 0 Å². The van der Waals surface area contributed by atoms with E-state index in [1.54, 1.807) is 0 Å². The number of nitrogen functional groups attached to an aromatic ring is 1. The molecule has 0 heterocycles. The number of carbonyl (C=O) groups excluding carboxylic acids is 1. The minimum Gasteiger partial charge on any atom is -0.481 e. The molecule has 0 aromatic heterocycles. The van der Waals surface area contributed by atoms with Crippen molar-refractivity contribution >= 4 is 23.3 Å². The number of amides is 1. The summed E-state index contributed by atoms with van der Waals surface area (Å²) in [5.41, 5.74) is 5.87. The molecule has 0 atom stereocenters. The zero-order valence-corrected chi connectivity index (χ0v) is 8.37. The quantitative estimate of drug-likeness (QED) is 0.673. The van der Waals surface area contributed by atoms with Crippen molar-refractivity contribution in [2.45, 2.75) is 12.8 Å². The van der Waals surface area contributed by atoms with Gasteiger partial charge in [0.15, 0.2) is 0 Å². The number of rotatable bonds is 4. The van der Waals surface area contributed by atoms with E-state index in [-0.39, 0.29) is 24.2 Å². The molecule has 0 fully saturated rings. The van der Waals surface area contributed by atoms with E-state index in [1.807, 2.05) is 0 Å². The lowest BCUT2D eigenvalue weighted by Gasteiger charge is -2.07. The molecule has 6 heteroatoms. The Morgan fingerprint density at radius 1 is 1.38 bits per heavy atom. The number of hydrogen-bond acceptors (Lipinski definition) is 3. The summed E-state index contributed by atoms with van der Waals surface area (Å²) >= 11 is 0. The number of nitrogens with two attached hydrogens (primary N) is 1. The standard InChI is InChI=1S/C10H11FN2O3/c11-6-1-2-7(12)8(5-6)13-9(14)3-4-10(15)16/h1-2,5H,3-4,12H2,(H,13,14)(H,15,16). The van der Waals surface area contributed by atoms with Crippen LogP contribution in [0.5, 0.6) is 0 Å². The van der Waals surface area contributed by atoms with Gasteiger partial charge in [-0.05, 0) is 18.2 Å². The summed E-state index contributed by atoms with van der Waals surface area (Å²) in [6.45, 7) is 0. The van der Waals surface area contributed by atoms with Crippen molar-refractivity contribution in [3.05, 3.63) is 24.0 Å². The van der Waals surface area contributed by atoms with Crippen molar-refractivity contribution in [3.63, 3.8) is 0 Å². The Hall–Kier alpha value is -2.11. The molecule has 1 amide bonds. The highest BCUT2D eigenvalue weighted by Gasteiger charge is 2.08. The van der Waals surface area contributed by atoms with Gasteiger partial charge < -0.3 is 16.2 Å². The Kier molecular flexibility index (Phi) is 3.82. The van der Waals surface area contributed by atoms with Crippen LogP contribution in [0.2, 0.25) is 0 Å². The van der Waals surface area contributed by atoms with Crippen molar-refractivity contribution in [1.29, 1.82) is 0 Å². The molecule has 4 N–H and O–H groups in total. The fraction of sp³-hybridized carbons (Fsp3) is 0.200. The minimum absolute atomic E-state index is 0.149. The van der Waals surface area contributed by atoms with Crippen LogP contribution in [0.15, 0.2) is 18.2 Å². The molecule has 0 unspecified atom stereocenters. The van der Waals surface area contributed by atoms with E-state index in [1.165, 1.54) is 12.1 Å². The van der Waals surface area contributed by atoms with Crippen LogP contribution in [-0.4, -0.2) is 17.0 Å². The van der Waals surface area contributed by atoms with Gasteiger partial charge in [0.25, 0.3) is 0 Å². The van der Waals surface area contributed by atoms with E-state index in [9.17, 15) is 14.0 Å². The molecule has 0 bridgehead atoms. The maximum Gasteiger partial charge on any atom is 0.303 e.